The molecular formula is C16H20F2N4O2. The van der Waals surface area contributed by atoms with Crippen LogP contribution < -0.4 is 14.8 Å². The molecule has 1 aliphatic heterocycles. The molecule has 0 aromatic heterocycles. The van der Waals surface area contributed by atoms with Crippen LogP contribution in [-0.2, 0) is 0 Å². The average Bonchev–Trinajstić information content (AvgIpc) is 3.27. The second kappa shape index (κ2) is 7.68. The molecule has 1 saturated carbocycles. The lowest BCUT2D eigenvalue weighted by molar-refractivity contribution is -0.0515. The van der Waals surface area contributed by atoms with Crippen molar-refractivity contribution < 1.29 is 18.3 Å². The summed E-state index contributed by atoms with van der Waals surface area (Å²) in [6.07, 6.45) is 3.08. The summed E-state index contributed by atoms with van der Waals surface area (Å²) in [4.78, 5) is 2.77. The molecule has 8 heteroatoms. The highest BCUT2D eigenvalue weighted by Gasteiger charge is 2.27. The predicted molar refractivity (Wildman–Crippen MR) is 84.5 cm³/mol. The number of alkyl halides is 2. The van der Waals surface area contributed by atoms with Gasteiger partial charge in [-0.3, -0.25) is 0 Å². The van der Waals surface area contributed by atoms with Crippen molar-refractivity contribution in [1.29, 1.82) is 0 Å². The van der Waals surface area contributed by atoms with Crippen LogP contribution in [0, 0.1) is 5.92 Å². The first-order valence-corrected chi connectivity index (χ1v) is 8.11. The maximum absolute atomic E-state index is 12.6. The Kier molecular flexibility index (Phi) is 5.37. The molecule has 1 aromatic rings. The van der Waals surface area contributed by atoms with Gasteiger partial charge in [0.05, 0.1) is 6.61 Å². The summed E-state index contributed by atoms with van der Waals surface area (Å²) in [5, 5.41) is 6.90. The zero-order valence-corrected chi connectivity index (χ0v) is 13.2. The Morgan fingerprint density at radius 3 is 2.88 bits per heavy atom. The Balaban J connectivity index is 1.70. The third kappa shape index (κ3) is 4.49. The molecule has 0 radical (unpaired) electrons. The summed E-state index contributed by atoms with van der Waals surface area (Å²) >= 11 is 0. The zero-order chi connectivity index (χ0) is 16.9. The van der Waals surface area contributed by atoms with Crippen LogP contribution in [0.25, 0.3) is 10.4 Å². The smallest absolute Gasteiger partial charge is 0.387 e. The van der Waals surface area contributed by atoms with Gasteiger partial charge in [0, 0.05) is 24.0 Å². The van der Waals surface area contributed by atoms with Gasteiger partial charge in [-0.05, 0) is 54.3 Å². The van der Waals surface area contributed by atoms with Gasteiger partial charge < -0.3 is 14.8 Å². The first-order valence-electron chi connectivity index (χ1n) is 8.11. The van der Waals surface area contributed by atoms with Gasteiger partial charge in [0.25, 0.3) is 0 Å². The van der Waals surface area contributed by atoms with Crippen LogP contribution in [0.4, 0.5) is 8.78 Å². The van der Waals surface area contributed by atoms with Crippen molar-refractivity contribution in [3.63, 3.8) is 0 Å². The lowest BCUT2D eigenvalue weighted by Gasteiger charge is -2.16. The highest BCUT2D eigenvalue weighted by molar-refractivity contribution is 5.44. The van der Waals surface area contributed by atoms with Crippen molar-refractivity contribution >= 4 is 0 Å². The predicted octanol–water partition coefficient (Wildman–Crippen LogP) is 3.83. The molecule has 130 valence electrons. The third-order valence-corrected chi connectivity index (χ3v) is 4.41. The van der Waals surface area contributed by atoms with Gasteiger partial charge in [-0.2, -0.15) is 8.78 Å². The molecule has 2 aliphatic rings. The molecule has 3 rings (SSSR count). The second-order valence-corrected chi connectivity index (χ2v) is 6.29. The number of ether oxygens (including phenoxy) is 2. The fourth-order valence-corrected chi connectivity index (χ4v) is 2.92. The SMILES string of the molecule is [N-]=[N+]=NC[C@H]1C[C@H](c2ccc(OC(F)F)c(OCC3CC3)c2)CN1. The van der Waals surface area contributed by atoms with Crippen molar-refractivity contribution in [3.05, 3.63) is 34.2 Å². The van der Waals surface area contributed by atoms with E-state index in [1.807, 2.05) is 0 Å². The highest BCUT2D eigenvalue weighted by atomic mass is 19.3. The van der Waals surface area contributed by atoms with E-state index in [9.17, 15) is 8.78 Å². The van der Waals surface area contributed by atoms with E-state index in [0.29, 0.717) is 24.8 Å². The number of hydrogen-bond donors (Lipinski definition) is 1. The van der Waals surface area contributed by atoms with Gasteiger partial charge in [-0.1, -0.05) is 11.2 Å². The average molecular weight is 338 g/mol. The Hall–Kier alpha value is -2.05. The van der Waals surface area contributed by atoms with Crippen LogP contribution in [-0.4, -0.2) is 32.3 Å². The maximum Gasteiger partial charge on any atom is 0.387 e. The Bertz CT molecular complexity index is 618. The van der Waals surface area contributed by atoms with Gasteiger partial charge in [0.2, 0.25) is 0 Å². The summed E-state index contributed by atoms with van der Waals surface area (Å²) in [6, 6.07) is 5.27. The molecule has 6 nitrogen and oxygen atoms in total. The quantitative estimate of drug-likeness (QED) is 0.444. The summed E-state index contributed by atoms with van der Waals surface area (Å²) in [6.45, 7) is -1.18. The molecular weight excluding hydrogens is 318 g/mol. The van der Waals surface area contributed by atoms with E-state index in [1.54, 1.807) is 18.2 Å². The van der Waals surface area contributed by atoms with Crippen LogP contribution in [0.2, 0.25) is 0 Å². The summed E-state index contributed by atoms with van der Waals surface area (Å²) in [5.41, 5.74) is 9.41. The fraction of sp³-hybridized carbons (Fsp3) is 0.625. The molecule has 0 amide bonds. The van der Waals surface area contributed by atoms with Crippen molar-refractivity contribution in [2.45, 2.75) is 37.8 Å². The standard InChI is InChI=1S/C16H20F2N4O2/c17-16(18)24-14-4-3-11(6-15(14)23-9-10-1-2-10)12-5-13(20-7-12)8-21-22-19/h3-4,6,10,12-13,16,20H,1-2,5,7-9H2/t12-,13+/m0/s1. The van der Waals surface area contributed by atoms with E-state index in [1.165, 1.54) is 0 Å². The lowest BCUT2D eigenvalue weighted by Crippen LogP contribution is -2.23. The van der Waals surface area contributed by atoms with Gasteiger partial charge in [-0.15, -0.1) is 0 Å². The fourth-order valence-electron chi connectivity index (χ4n) is 2.92. The minimum absolute atomic E-state index is 0.0750. The van der Waals surface area contributed by atoms with Crippen LogP contribution in [0.15, 0.2) is 23.3 Å². The second-order valence-electron chi connectivity index (χ2n) is 6.29. The van der Waals surface area contributed by atoms with Crippen LogP contribution in [0.1, 0.15) is 30.7 Å². The van der Waals surface area contributed by atoms with Crippen molar-refractivity contribution in [2.75, 3.05) is 19.7 Å². The topological polar surface area (TPSA) is 79.3 Å². The number of nitrogens with one attached hydrogen (secondary N) is 1. The molecule has 2 atom stereocenters. The van der Waals surface area contributed by atoms with E-state index >= 15 is 0 Å². The molecule has 0 unspecified atom stereocenters. The minimum atomic E-state index is -2.87. The first-order chi connectivity index (χ1) is 11.7. The van der Waals surface area contributed by atoms with E-state index in [0.717, 1.165) is 31.4 Å². The van der Waals surface area contributed by atoms with E-state index < -0.39 is 6.61 Å². The summed E-state index contributed by atoms with van der Waals surface area (Å²) < 4.78 is 35.4. The highest BCUT2D eigenvalue weighted by Crippen LogP contribution is 2.37. The minimum Gasteiger partial charge on any atom is -0.489 e. The van der Waals surface area contributed by atoms with Crippen molar-refractivity contribution in [3.8, 4) is 11.5 Å². The number of nitrogens with zero attached hydrogens (tertiary/aromatic N) is 3. The number of hydrogen-bond acceptors (Lipinski definition) is 4. The molecule has 1 aliphatic carbocycles. The zero-order valence-electron chi connectivity index (χ0n) is 13.2. The van der Waals surface area contributed by atoms with Crippen LogP contribution >= 0.6 is 0 Å². The molecule has 24 heavy (non-hydrogen) atoms. The summed E-state index contributed by atoms with van der Waals surface area (Å²) in [7, 11) is 0. The van der Waals surface area contributed by atoms with Crippen molar-refractivity contribution in [1.82, 2.24) is 5.32 Å². The number of rotatable bonds is 8. The Labute approximate surface area is 138 Å². The maximum atomic E-state index is 12.6. The van der Waals surface area contributed by atoms with Crippen molar-refractivity contribution in [2.24, 2.45) is 11.0 Å². The molecule has 1 aromatic carbocycles. The van der Waals surface area contributed by atoms with E-state index in [2.05, 4.69) is 20.1 Å². The molecule has 1 N–H and O–H groups in total. The van der Waals surface area contributed by atoms with Gasteiger partial charge in [0.1, 0.15) is 0 Å². The normalized spacial score (nSPS) is 23.1. The number of benzene rings is 1. The third-order valence-electron chi connectivity index (χ3n) is 4.41. The Morgan fingerprint density at radius 2 is 2.17 bits per heavy atom. The number of azide groups is 1. The molecule has 0 spiro atoms. The first kappa shape index (κ1) is 16.8. The number of halogens is 2. The van der Waals surface area contributed by atoms with Gasteiger partial charge >= 0.3 is 6.61 Å². The van der Waals surface area contributed by atoms with Crippen LogP contribution in [0.5, 0.6) is 11.5 Å². The van der Waals surface area contributed by atoms with Crippen LogP contribution in [0.3, 0.4) is 0 Å². The lowest BCUT2D eigenvalue weighted by atomic mass is 9.96. The van der Waals surface area contributed by atoms with E-state index in [-0.39, 0.29) is 17.7 Å². The molecule has 1 saturated heterocycles. The molecule has 1 heterocycles. The molecule has 2 fully saturated rings. The molecule has 0 bridgehead atoms. The monoisotopic (exact) mass is 338 g/mol. The summed E-state index contributed by atoms with van der Waals surface area (Å²) in [5.74, 6) is 1.20. The van der Waals surface area contributed by atoms with Gasteiger partial charge in [0.15, 0.2) is 11.5 Å². The largest absolute Gasteiger partial charge is 0.489 e. The Morgan fingerprint density at radius 1 is 1.33 bits per heavy atom. The van der Waals surface area contributed by atoms with E-state index in [4.69, 9.17) is 10.3 Å². The van der Waals surface area contributed by atoms with Gasteiger partial charge in [-0.25, -0.2) is 0 Å².